The third-order valence-corrected chi connectivity index (χ3v) is 2.55. The zero-order valence-corrected chi connectivity index (χ0v) is 10.1. The molecule has 0 saturated heterocycles. The fourth-order valence-corrected chi connectivity index (χ4v) is 1.65. The van der Waals surface area contributed by atoms with Gasteiger partial charge in [0, 0.05) is 12.1 Å². The number of benzene rings is 1. The van der Waals surface area contributed by atoms with Crippen molar-refractivity contribution in [2.45, 2.75) is 19.6 Å². The number of aliphatic hydroxyl groups is 1. The van der Waals surface area contributed by atoms with E-state index in [0.29, 0.717) is 12.4 Å². The highest BCUT2D eigenvalue weighted by molar-refractivity contribution is 5.19. The Hall–Kier alpha value is -1.72. The normalized spacial score (nSPS) is 12.6. The topological polar surface area (TPSA) is 58.3 Å². The summed E-state index contributed by atoms with van der Waals surface area (Å²) in [5.41, 5.74) is 0.286. The molecule has 1 aromatic carbocycles. The Balaban J connectivity index is 1.85. The third kappa shape index (κ3) is 3.15. The number of hydrogen-bond donors (Lipinski definition) is 2. The number of nitrogens with one attached hydrogen (secondary N) is 1. The first kappa shape index (κ1) is 12.7. The molecule has 96 valence electrons. The average molecular weight is 250 g/mol. The minimum absolute atomic E-state index is 0.238. The van der Waals surface area contributed by atoms with Gasteiger partial charge in [0.2, 0.25) is 5.89 Å². The van der Waals surface area contributed by atoms with Gasteiger partial charge in [0.05, 0.1) is 18.8 Å². The van der Waals surface area contributed by atoms with Gasteiger partial charge in [-0.15, -0.1) is 0 Å². The van der Waals surface area contributed by atoms with Crippen molar-refractivity contribution in [2.24, 2.45) is 0 Å². The van der Waals surface area contributed by atoms with Gasteiger partial charge in [0.15, 0.2) is 0 Å². The van der Waals surface area contributed by atoms with Crippen LogP contribution in [0.25, 0.3) is 0 Å². The van der Waals surface area contributed by atoms with E-state index in [1.165, 1.54) is 6.07 Å². The lowest BCUT2D eigenvalue weighted by Gasteiger charge is -2.12. The summed E-state index contributed by atoms with van der Waals surface area (Å²) < 4.78 is 18.6. The molecule has 1 aromatic heterocycles. The number of halogens is 1. The van der Waals surface area contributed by atoms with E-state index in [4.69, 9.17) is 4.42 Å². The van der Waals surface area contributed by atoms with Crippen molar-refractivity contribution < 1.29 is 13.9 Å². The number of oxazole rings is 1. The van der Waals surface area contributed by atoms with Gasteiger partial charge in [-0.05, 0) is 13.0 Å². The van der Waals surface area contributed by atoms with Crippen LogP contribution in [0.3, 0.4) is 0 Å². The molecule has 1 unspecified atom stereocenters. The Morgan fingerprint density at radius 3 is 2.89 bits per heavy atom. The van der Waals surface area contributed by atoms with E-state index in [-0.39, 0.29) is 12.1 Å². The summed E-state index contributed by atoms with van der Waals surface area (Å²) in [6.45, 7) is 2.45. The van der Waals surface area contributed by atoms with Crippen LogP contribution in [0, 0.1) is 12.7 Å². The number of aryl methyl sites for hydroxylation is 1. The molecule has 0 fully saturated rings. The monoisotopic (exact) mass is 250 g/mol. The van der Waals surface area contributed by atoms with E-state index in [1.54, 1.807) is 24.4 Å². The van der Waals surface area contributed by atoms with Gasteiger partial charge in [0.1, 0.15) is 11.6 Å². The summed E-state index contributed by atoms with van der Waals surface area (Å²) in [5, 5.41) is 12.8. The molecule has 0 aliphatic heterocycles. The molecule has 0 spiro atoms. The van der Waals surface area contributed by atoms with Gasteiger partial charge in [-0.2, -0.15) is 0 Å². The second-order valence-electron chi connectivity index (χ2n) is 4.03. The molecule has 2 aromatic rings. The molecule has 0 aliphatic carbocycles. The molecule has 0 radical (unpaired) electrons. The van der Waals surface area contributed by atoms with E-state index < -0.39 is 11.9 Å². The fraction of sp³-hybridized carbons (Fsp3) is 0.308. The maximum Gasteiger partial charge on any atom is 0.208 e. The molecular weight excluding hydrogens is 235 g/mol. The first-order chi connectivity index (χ1) is 8.66. The summed E-state index contributed by atoms with van der Waals surface area (Å²) in [4.78, 5) is 4.02. The maximum absolute atomic E-state index is 13.4. The van der Waals surface area contributed by atoms with Gasteiger partial charge in [-0.25, -0.2) is 9.37 Å². The van der Waals surface area contributed by atoms with Crippen molar-refractivity contribution >= 4 is 0 Å². The summed E-state index contributed by atoms with van der Waals surface area (Å²) in [6.07, 6.45) is 0.742. The molecule has 4 nitrogen and oxygen atoms in total. The minimum atomic E-state index is -0.887. The van der Waals surface area contributed by atoms with Crippen LogP contribution in [0.15, 0.2) is 34.9 Å². The number of hydrogen-bond acceptors (Lipinski definition) is 4. The van der Waals surface area contributed by atoms with Crippen LogP contribution in [0.5, 0.6) is 0 Å². The lowest BCUT2D eigenvalue weighted by Crippen LogP contribution is -2.21. The van der Waals surface area contributed by atoms with Crippen molar-refractivity contribution in [3.63, 3.8) is 0 Å². The summed E-state index contributed by atoms with van der Waals surface area (Å²) in [6, 6.07) is 6.18. The van der Waals surface area contributed by atoms with Crippen molar-refractivity contribution in [2.75, 3.05) is 6.54 Å². The summed E-state index contributed by atoms with van der Waals surface area (Å²) in [7, 11) is 0. The molecule has 5 heteroatoms. The predicted molar refractivity (Wildman–Crippen MR) is 64.3 cm³/mol. The Bertz CT molecular complexity index is 513. The predicted octanol–water partition coefficient (Wildman–Crippen LogP) is 1.95. The number of rotatable bonds is 5. The van der Waals surface area contributed by atoms with Gasteiger partial charge < -0.3 is 14.8 Å². The molecular formula is C13H15FN2O2. The second-order valence-corrected chi connectivity index (χ2v) is 4.03. The van der Waals surface area contributed by atoms with Crippen LogP contribution in [0.4, 0.5) is 4.39 Å². The maximum atomic E-state index is 13.4. The first-order valence-corrected chi connectivity index (χ1v) is 5.71. The van der Waals surface area contributed by atoms with Gasteiger partial charge in [0.25, 0.3) is 0 Å². The Morgan fingerprint density at radius 1 is 1.44 bits per heavy atom. The number of aromatic nitrogens is 1. The molecule has 1 heterocycles. The summed E-state index contributed by atoms with van der Waals surface area (Å²) >= 11 is 0. The fourth-order valence-electron chi connectivity index (χ4n) is 1.65. The lowest BCUT2D eigenvalue weighted by atomic mass is 10.1. The van der Waals surface area contributed by atoms with Crippen LogP contribution in [-0.4, -0.2) is 16.6 Å². The third-order valence-electron chi connectivity index (χ3n) is 2.55. The molecule has 2 rings (SSSR count). The first-order valence-electron chi connectivity index (χ1n) is 5.71. The Morgan fingerprint density at radius 2 is 2.22 bits per heavy atom. The molecule has 0 saturated carbocycles. The van der Waals surface area contributed by atoms with E-state index in [9.17, 15) is 9.50 Å². The second kappa shape index (κ2) is 5.75. The standard InChI is InChI=1S/C13H15FN2O2/c1-9-6-16-13(18-9)8-15-7-12(17)10-4-2-3-5-11(10)14/h2-6,12,15,17H,7-8H2,1H3. The van der Waals surface area contributed by atoms with Crippen LogP contribution in [0.1, 0.15) is 23.3 Å². The van der Waals surface area contributed by atoms with Gasteiger partial charge in [-0.3, -0.25) is 0 Å². The molecule has 0 amide bonds. The van der Waals surface area contributed by atoms with Crippen molar-refractivity contribution in [3.8, 4) is 0 Å². The van der Waals surface area contributed by atoms with Crippen LogP contribution in [-0.2, 0) is 6.54 Å². The largest absolute Gasteiger partial charge is 0.445 e. The highest BCUT2D eigenvalue weighted by Crippen LogP contribution is 2.15. The zero-order chi connectivity index (χ0) is 13.0. The zero-order valence-electron chi connectivity index (χ0n) is 10.1. The number of nitrogens with zero attached hydrogens (tertiary/aromatic N) is 1. The van der Waals surface area contributed by atoms with Crippen LogP contribution >= 0.6 is 0 Å². The average Bonchev–Trinajstić information content (AvgIpc) is 2.75. The Labute approximate surface area is 104 Å². The molecule has 2 N–H and O–H groups in total. The van der Waals surface area contributed by atoms with Crippen molar-refractivity contribution in [3.05, 3.63) is 53.5 Å². The highest BCUT2D eigenvalue weighted by Gasteiger charge is 2.11. The minimum Gasteiger partial charge on any atom is -0.445 e. The van der Waals surface area contributed by atoms with Gasteiger partial charge in [-0.1, -0.05) is 18.2 Å². The van der Waals surface area contributed by atoms with E-state index in [0.717, 1.165) is 5.76 Å². The van der Waals surface area contributed by atoms with Crippen LogP contribution < -0.4 is 5.32 Å². The smallest absolute Gasteiger partial charge is 0.208 e. The van der Waals surface area contributed by atoms with Crippen molar-refractivity contribution in [1.29, 1.82) is 0 Å². The summed E-state index contributed by atoms with van der Waals surface area (Å²) in [5.74, 6) is 0.883. The molecule has 0 bridgehead atoms. The lowest BCUT2D eigenvalue weighted by molar-refractivity contribution is 0.168. The van der Waals surface area contributed by atoms with E-state index in [1.807, 2.05) is 6.92 Å². The van der Waals surface area contributed by atoms with E-state index >= 15 is 0 Å². The van der Waals surface area contributed by atoms with E-state index in [2.05, 4.69) is 10.3 Å². The molecule has 1 atom stereocenters. The van der Waals surface area contributed by atoms with Gasteiger partial charge >= 0.3 is 0 Å². The quantitative estimate of drug-likeness (QED) is 0.851. The SMILES string of the molecule is Cc1cnc(CNCC(O)c2ccccc2F)o1. The Kier molecular flexibility index (Phi) is 4.07. The van der Waals surface area contributed by atoms with Crippen LogP contribution in [0.2, 0.25) is 0 Å². The highest BCUT2D eigenvalue weighted by atomic mass is 19.1. The molecule has 18 heavy (non-hydrogen) atoms. The number of aliphatic hydroxyl groups excluding tert-OH is 1. The van der Waals surface area contributed by atoms with Crippen molar-refractivity contribution in [1.82, 2.24) is 10.3 Å². The molecule has 0 aliphatic rings.